The second-order valence-electron chi connectivity index (χ2n) is 6.28. The highest BCUT2D eigenvalue weighted by Crippen LogP contribution is 2.16. The summed E-state index contributed by atoms with van der Waals surface area (Å²) < 4.78 is 16.0. The van der Waals surface area contributed by atoms with Crippen molar-refractivity contribution in [2.24, 2.45) is 5.92 Å². The molecule has 0 spiro atoms. The number of esters is 1. The highest BCUT2D eigenvalue weighted by Gasteiger charge is 2.24. The molecule has 2 fully saturated rings. The van der Waals surface area contributed by atoms with Crippen LogP contribution in [0.4, 0.5) is 0 Å². The Morgan fingerprint density at radius 1 is 1.27 bits per heavy atom. The normalized spacial score (nSPS) is 24.3. The molecule has 0 aliphatic carbocycles. The summed E-state index contributed by atoms with van der Waals surface area (Å²) in [6, 6.07) is 0. The molecule has 2 atom stereocenters. The van der Waals surface area contributed by atoms with Crippen molar-refractivity contribution in [2.75, 3.05) is 32.9 Å². The first-order valence-corrected chi connectivity index (χ1v) is 8.24. The standard InChI is InChI=1S/C16H27NO5/c1-12-5-7-17(8-6-12)15(18)11-22-16(19)13(2)21-10-14-4-3-9-20-14/h12-14H,3-11H2,1-2H3. The van der Waals surface area contributed by atoms with Crippen LogP contribution in [0.3, 0.4) is 0 Å². The highest BCUT2D eigenvalue weighted by molar-refractivity contribution is 5.82. The van der Waals surface area contributed by atoms with Crippen molar-refractivity contribution in [3.8, 4) is 0 Å². The van der Waals surface area contributed by atoms with E-state index >= 15 is 0 Å². The van der Waals surface area contributed by atoms with Crippen LogP contribution in [0.1, 0.15) is 39.5 Å². The molecule has 2 heterocycles. The van der Waals surface area contributed by atoms with E-state index in [4.69, 9.17) is 14.2 Å². The van der Waals surface area contributed by atoms with Crippen LogP contribution in [0.5, 0.6) is 0 Å². The van der Waals surface area contributed by atoms with Gasteiger partial charge in [-0.25, -0.2) is 4.79 Å². The van der Waals surface area contributed by atoms with Gasteiger partial charge in [-0.15, -0.1) is 0 Å². The SMILES string of the molecule is CC1CCN(C(=O)COC(=O)C(C)OCC2CCCO2)CC1. The van der Waals surface area contributed by atoms with Crippen LogP contribution in [0.15, 0.2) is 0 Å². The molecule has 126 valence electrons. The van der Waals surface area contributed by atoms with Gasteiger partial charge in [-0.05, 0) is 38.5 Å². The van der Waals surface area contributed by atoms with Crippen LogP contribution in [-0.2, 0) is 23.8 Å². The predicted octanol–water partition coefficient (Wildman–Crippen LogP) is 1.37. The molecule has 0 aromatic rings. The number of hydrogen-bond donors (Lipinski definition) is 0. The zero-order chi connectivity index (χ0) is 15.9. The fourth-order valence-electron chi connectivity index (χ4n) is 2.69. The second kappa shape index (κ2) is 8.48. The van der Waals surface area contributed by atoms with Crippen LogP contribution < -0.4 is 0 Å². The van der Waals surface area contributed by atoms with Gasteiger partial charge in [-0.1, -0.05) is 6.92 Å². The summed E-state index contributed by atoms with van der Waals surface area (Å²) >= 11 is 0. The Labute approximate surface area is 132 Å². The van der Waals surface area contributed by atoms with Crippen molar-refractivity contribution in [3.63, 3.8) is 0 Å². The molecule has 0 aromatic heterocycles. The number of rotatable bonds is 6. The van der Waals surface area contributed by atoms with Crippen molar-refractivity contribution in [3.05, 3.63) is 0 Å². The maximum absolute atomic E-state index is 12.0. The predicted molar refractivity (Wildman–Crippen MR) is 80.3 cm³/mol. The Bertz CT molecular complexity index is 373. The lowest BCUT2D eigenvalue weighted by Crippen LogP contribution is -2.41. The van der Waals surface area contributed by atoms with E-state index in [9.17, 15) is 9.59 Å². The maximum Gasteiger partial charge on any atom is 0.335 e. The molecular formula is C16H27NO5. The van der Waals surface area contributed by atoms with E-state index in [1.165, 1.54) is 0 Å². The zero-order valence-electron chi connectivity index (χ0n) is 13.6. The minimum Gasteiger partial charge on any atom is -0.454 e. The molecule has 0 saturated carbocycles. The maximum atomic E-state index is 12.0. The molecule has 2 aliphatic heterocycles. The summed E-state index contributed by atoms with van der Waals surface area (Å²) in [5, 5.41) is 0. The molecule has 6 nitrogen and oxygen atoms in total. The van der Waals surface area contributed by atoms with E-state index in [1.54, 1.807) is 11.8 Å². The van der Waals surface area contributed by atoms with Gasteiger partial charge in [0.2, 0.25) is 0 Å². The first kappa shape index (κ1) is 17.2. The number of carbonyl (C=O) groups excluding carboxylic acids is 2. The lowest BCUT2D eigenvalue weighted by atomic mass is 9.99. The van der Waals surface area contributed by atoms with Crippen LogP contribution in [-0.4, -0.2) is 61.9 Å². The summed E-state index contributed by atoms with van der Waals surface area (Å²) in [5.41, 5.74) is 0. The number of amides is 1. The monoisotopic (exact) mass is 313 g/mol. The molecule has 6 heteroatoms. The van der Waals surface area contributed by atoms with Crippen molar-refractivity contribution in [1.29, 1.82) is 0 Å². The summed E-state index contributed by atoms with van der Waals surface area (Å²) in [4.78, 5) is 25.6. The van der Waals surface area contributed by atoms with E-state index in [0.717, 1.165) is 45.4 Å². The Balaban J connectivity index is 1.62. The first-order valence-electron chi connectivity index (χ1n) is 8.24. The quantitative estimate of drug-likeness (QED) is 0.693. The van der Waals surface area contributed by atoms with Gasteiger partial charge in [0, 0.05) is 19.7 Å². The summed E-state index contributed by atoms with van der Waals surface area (Å²) in [7, 11) is 0. The van der Waals surface area contributed by atoms with Crippen molar-refractivity contribution in [2.45, 2.75) is 51.7 Å². The molecule has 1 amide bonds. The molecule has 0 N–H and O–H groups in total. The average Bonchev–Trinajstić information content (AvgIpc) is 3.04. The van der Waals surface area contributed by atoms with Gasteiger partial charge in [-0.3, -0.25) is 4.79 Å². The molecule has 0 radical (unpaired) electrons. The molecule has 22 heavy (non-hydrogen) atoms. The van der Waals surface area contributed by atoms with Crippen molar-refractivity contribution < 1.29 is 23.8 Å². The van der Waals surface area contributed by atoms with Crippen LogP contribution in [0.25, 0.3) is 0 Å². The fourth-order valence-corrected chi connectivity index (χ4v) is 2.69. The van der Waals surface area contributed by atoms with Crippen molar-refractivity contribution >= 4 is 11.9 Å². The van der Waals surface area contributed by atoms with E-state index in [-0.39, 0.29) is 18.6 Å². The van der Waals surface area contributed by atoms with Crippen LogP contribution in [0, 0.1) is 5.92 Å². The topological polar surface area (TPSA) is 65.1 Å². The van der Waals surface area contributed by atoms with E-state index < -0.39 is 12.1 Å². The number of piperidine rings is 1. The highest BCUT2D eigenvalue weighted by atomic mass is 16.6. The Hall–Kier alpha value is -1.14. The minimum atomic E-state index is -0.668. The number of nitrogens with zero attached hydrogens (tertiary/aromatic N) is 1. The minimum absolute atomic E-state index is 0.0761. The number of hydrogen-bond acceptors (Lipinski definition) is 5. The summed E-state index contributed by atoms with van der Waals surface area (Å²) in [6.07, 6.45) is 3.44. The van der Waals surface area contributed by atoms with Gasteiger partial charge in [0.25, 0.3) is 5.91 Å². The van der Waals surface area contributed by atoms with Gasteiger partial charge in [0.15, 0.2) is 12.7 Å². The smallest absolute Gasteiger partial charge is 0.335 e. The second-order valence-corrected chi connectivity index (χ2v) is 6.28. The molecule has 2 saturated heterocycles. The van der Waals surface area contributed by atoms with Crippen molar-refractivity contribution in [1.82, 2.24) is 4.90 Å². The lowest BCUT2D eigenvalue weighted by Gasteiger charge is -2.30. The molecular weight excluding hydrogens is 286 g/mol. The van der Waals surface area contributed by atoms with Gasteiger partial charge >= 0.3 is 5.97 Å². The van der Waals surface area contributed by atoms with Gasteiger partial charge in [-0.2, -0.15) is 0 Å². The largest absolute Gasteiger partial charge is 0.454 e. The summed E-state index contributed by atoms with van der Waals surface area (Å²) in [6.45, 7) is 6.30. The van der Waals surface area contributed by atoms with Gasteiger partial charge in [0.05, 0.1) is 12.7 Å². The molecule has 2 unspecified atom stereocenters. The van der Waals surface area contributed by atoms with E-state index in [2.05, 4.69) is 6.92 Å². The third-order valence-electron chi connectivity index (χ3n) is 4.36. The Morgan fingerprint density at radius 2 is 2.00 bits per heavy atom. The van der Waals surface area contributed by atoms with Gasteiger partial charge < -0.3 is 19.1 Å². The first-order chi connectivity index (χ1) is 10.6. The Morgan fingerprint density at radius 3 is 2.64 bits per heavy atom. The van der Waals surface area contributed by atoms with E-state index in [1.807, 2.05) is 0 Å². The molecule has 2 rings (SSSR count). The van der Waals surface area contributed by atoms with Crippen LogP contribution >= 0.6 is 0 Å². The third-order valence-corrected chi connectivity index (χ3v) is 4.36. The lowest BCUT2D eigenvalue weighted by molar-refractivity contribution is -0.163. The van der Waals surface area contributed by atoms with Gasteiger partial charge in [0.1, 0.15) is 0 Å². The average molecular weight is 313 g/mol. The molecule has 0 bridgehead atoms. The fraction of sp³-hybridized carbons (Fsp3) is 0.875. The number of likely N-dealkylation sites (tertiary alicyclic amines) is 1. The zero-order valence-corrected chi connectivity index (χ0v) is 13.6. The van der Waals surface area contributed by atoms with E-state index in [0.29, 0.717) is 12.5 Å². The number of carbonyl (C=O) groups is 2. The molecule has 2 aliphatic rings. The van der Waals surface area contributed by atoms with Crippen LogP contribution in [0.2, 0.25) is 0 Å². The number of ether oxygens (including phenoxy) is 3. The summed E-state index contributed by atoms with van der Waals surface area (Å²) in [5.74, 6) is 0.0566. The molecule has 0 aromatic carbocycles. The third kappa shape index (κ3) is 5.25. The Kier molecular flexibility index (Phi) is 6.64.